The summed E-state index contributed by atoms with van der Waals surface area (Å²) in [6, 6.07) is 12.8. The summed E-state index contributed by atoms with van der Waals surface area (Å²) in [5.41, 5.74) is 2.24. The van der Waals surface area contributed by atoms with E-state index in [-0.39, 0.29) is 49.1 Å². The molecule has 8 rings (SSSR count). The van der Waals surface area contributed by atoms with Gasteiger partial charge >= 0.3 is 0 Å². The molecule has 1 fully saturated rings. The van der Waals surface area contributed by atoms with Crippen molar-refractivity contribution in [3.05, 3.63) is 77.1 Å². The first-order valence-corrected chi connectivity index (χ1v) is 14.8. The van der Waals surface area contributed by atoms with Gasteiger partial charge in [0.05, 0.1) is 19.8 Å². The van der Waals surface area contributed by atoms with Crippen LogP contribution in [0, 0.1) is 5.41 Å². The number of amides is 3. The largest absolute Gasteiger partial charge is 0.490 e. The Balaban J connectivity index is 1.16. The smallest absolute Gasteiger partial charge is 0.254 e. The number of Topliss-reactive ketones (excluding diaryl/α,β-unsaturated/α-hetero) is 1. The molecule has 1 aromatic heterocycles. The molecule has 222 valence electrons. The summed E-state index contributed by atoms with van der Waals surface area (Å²) in [6.07, 6.45) is 4.82. The van der Waals surface area contributed by atoms with E-state index in [9.17, 15) is 19.2 Å². The van der Waals surface area contributed by atoms with Crippen molar-refractivity contribution >= 4 is 23.5 Å². The Bertz CT molecular complexity index is 1600. The van der Waals surface area contributed by atoms with E-state index in [1.54, 1.807) is 46.2 Å². The Hall–Kier alpha value is -4.67. The molecule has 3 aromatic rings. The highest BCUT2D eigenvalue weighted by molar-refractivity contribution is 6.06. The van der Waals surface area contributed by atoms with Crippen LogP contribution in [0.1, 0.15) is 50.6 Å². The van der Waals surface area contributed by atoms with Gasteiger partial charge in [-0.25, -0.2) is 0 Å². The van der Waals surface area contributed by atoms with Crippen LogP contribution in [0.5, 0.6) is 11.5 Å². The Labute approximate surface area is 248 Å². The lowest BCUT2D eigenvalue weighted by Crippen LogP contribution is -2.50. The number of hydrogen-bond donors (Lipinski definition) is 1. The minimum absolute atomic E-state index is 0.0417. The van der Waals surface area contributed by atoms with Crippen molar-refractivity contribution in [3.63, 3.8) is 0 Å². The number of nitrogens with one attached hydrogen (secondary N) is 1. The van der Waals surface area contributed by atoms with Crippen molar-refractivity contribution < 1.29 is 28.7 Å². The zero-order chi connectivity index (χ0) is 29.6. The number of carbonyl (C=O) groups is 4. The Kier molecular flexibility index (Phi) is 6.87. The second kappa shape index (κ2) is 10.9. The van der Waals surface area contributed by atoms with Gasteiger partial charge in [-0.2, -0.15) is 5.10 Å². The summed E-state index contributed by atoms with van der Waals surface area (Å²) < 4.78 is 14.1. The highest BCUT2D eigenvalue weighted by Gasteiger charge is 2.53. The zero-order valence-corrected chi connectivity index (χ0v) is 23.8. The van der Waals surface area contributed by atoms with E-state index < -0.39 is 5.41 Å². The van der Waals surface area contributed by atoms with Gasteiger partial charge in [0.2, 0.25) is 11.8 Å². The molecule has 0 unspecified atom stereocenters. The molecule has 11 nitrogen and oxygen atoms in total. The van der Waals surface area contributed by atoms with Gasteiger partial charge in [-0.3, -0.25) is 23.9 Å². The second-order valence-corrected chi connectivity index (χ2v) is 11.8. The number of aromatic nitrogens is 2. The van der Waals surface area contributed by atoms with Crippen LogP contribution in [0.4, 0.5) is 0 Å². The predicted octanol–water partition coefficient (Wildman–Crippen LogP) is 2.06. The van der Waals surface area contributed by atoms with Crippen LogP contribution in [-0.2, 0) is 22.6 Å². The highest BCUT2D eigenvalue weighted by atomic mass is 16.5. The van der Waals surface area contributed by atoms with E-state index in [0.29, 0.717) is 74.7 Å². The molecular formula is C32H33N5O6. The Morgan fingerprint density at radius 1 is 1.05 bits per heavy atom. The summed E-state index contributed by atoms with van der Waals surface area (Å²) >= 11 is 0. The number of hydrogen-bond acceptors (Lipinski definition) is 7. The maximum atomic E-state index is 13.8. The fraction of sp³-hybridized carbons (Fsp3) is 0.406. The van der Waals surface area contributed by atoms with Crippen molar-refractivity contribution in [2.75, 3.05) is 45.9 Å². The SMILES string of the molecule is O=C1CN(C(=O)c2cccc3c2CCC3=O)CCCOc2cccc3c2OC[C@@]2(CN1)CN(C(=O)Cn1cccn1)C[C@@H]32. The van der Waals surface area contributed by atoms with Gasteiger partial charge in [0.1, 0.15) is 6.54 Å². The van der Waals surface area contributed by atoms with Crippen LogP contribution in [0.25, 0.3) is 0 Å². The van der Waals surface area contributed by atoms with Gasteiger partial charge in [-0.1, -0.05) is 24.3 Å². The number of benzene rings is 2. The van der Waals surface area contributed by atoms with E-state index in [4.69, 9.17) is 9.47 Å². The van der Waals surface area contributed by atoms with Gasteiger partial charge in [0, 0.05) is 73.0 Å². The first-order valence-electron chi connectivity index (χ1n) is 14.8. The summed E-state index contributed by atoms with van der Waals surface area (Å²) in [7, 11) is 0. The lowest BCUT2D eigenvalue weighted by Gasteiger charge is -2.40. The van der Waals surface area contributed by atoms with Crippen molar-refractivity contribution in [2.45, 2.75) is 31.7 Å². The predicted molar refractivity (Wildman–Crippen MR) is 154 cm³/mol. The number of ether oxygens (including phenoxy) is 2. The zero-order valence-electron chi connectivity index (χ0n) is 23.8. The Morgan fingerprint density at radius 2 is 1.93 bits per heavy atom. The molecule has 0 saturated carbocycles. The summed E-state index contributed by atoms with van der Waals surface area (Å²) in [6.45, 7) is 2.12. The number of likely N-dealkylation sites (tertiary alicyclic amines) is 1. The molecule has 4 bridgehead atoms. The van der Waals surface area contributed by atoms with Gasteiger partial charge in [-0.05, 0) is 36.6 Å². The molecule has 4 aliphatic heterocycles. The average molecular weight is 584 g/mol. The van der Waals surface area contributed by atoms with Gasteiger partial charge < -0.3 is 24.6 Å². The van der Waals surface area contributed by atoms with Crippen molar-refractivity contribution in [3.8, 4) is 11.5 Å². The standard InChI is InChI=1S/C32H33N5O6/c38-26-10-9-21-22(26)5-1-6-23(21)31(41)35-12-4-14-42-27-8-2-7-24-25-15-36(29(40)17-37-13-3-11-34-37)19-32(25,20-43-30(24)27)18-33-28(39)16-35/h1-3,5-8,11,13,25H,4,9-10,12,14-20H2,(H,33,39)/t25-,32+/m0/s1. The molecule has 2 aromatic carbocycles. The molecule has 43 heavy (non-hydrogen) atoms. The van der Waals surface area contributed by atoms with E-state index in [1.165, 1.54) is 0 Å². The molecule has 5 aliphatic rings. The van der Waals surface area contributed by atoms with Crippen molar-refractivity contribution in [2.24, 2.45) is 5.41 Å². The summed E-state index contributed by atoms with van der Waals surface area (Å²) in [5.74, 6) is 0.657. The number of ketones is 1. The number of fused-ring (bicyclic) bond motifs is 10. The summed E-state index contributed by atoms with van der Waals surface area (Å²) in [4.78, 5) is 56.2. The second-order valence-electron chi connectivity index (χ2n) is 11.8. The monoisotopic (exact) mass is 583 g/mol. The third kappa shape index (κ3) is 4.92. The topological polar surface area (TPSA) is 123 Å². The van der Waals surface area contributed by atoms with Crippen LogP contribution in [0.2, 0.25) is 0 Å². The highest BCUT2D eigenvalue weighted by Crippen LogP contribution is 2.52. The maximum Gasteiger partial charge on any atom is 0.254 e. The molecule has 1 N–H and O–H groups in total. The number of rotatable bonds is 3. The third-order valence-corrected chi connectivity index (χ3v) is 9.14. The molecule has 11 heteroatoms. The minimum atomic E-state index is -0.555. The average Bonchev–Trinajstić information content (AvgIpc) is 3.76. The van der Waals surface area contributed by atoms with E-state index in [0.717, 1.165) is 11.1 Å². The van der Waals surface area contributed by atoms with Gasteiger partial charge in [-0.15, -0.1) is 0 Å². The van der Waals surface area contributed by atoms with Crippen molar-refractivity contribution in [1.82, 2.24) is 24.9 Å². The molecule has 5 heterocycles. The number of para-hydroxylation sites is 1. The first-order chi connectivity index (χ1) is 20.9. The van der Waals surface area contributed by atoms with Crippen LogP contribution < -0.4 is 14.8 Å². The fourth-order valence-corrected chi connectivity index (χ4v) is 6.94. The van der Waals surface area contributed by atoms with E-state index >= 15 is 0 Å². The van der Waals surface area contributed by atoms with Gasteiger partial charge in [0.15, 0.2) is 17.3 Å². The van der Waals surface area contributed by atoms with Crippen LogP contribution in [-0.4, -0.2) is 89.0 Å². The van der Waals surface area contributed by atoms with E-state index in [2.05, 4.69) is 10.4 Å². The molecule has 1 aliphatic carbocycles. The first kappa shape index (κ1) is 27.2. The molecule has 0 radical (unpaired) electrons. The molecule has 1 spiro atoms. The molecular weight excluding hydrogens is 550 g/mol. The quantitative estimate of drug-likeness (QED) is 0.501. The van der Waals surface area contributed by atoms with Gasteiger partial charge in [0.25, 0.3) is 5.91 Å². The van der Waals surface area contributed by atoms with Crippen LogP contribution in [0.3, 0.4) is 0 Å². The van der Waals surface area contributed by atoms with Crippen LogP contribution >= 0.6 is 0 Å². The van der Waals surface area contributed by atoms with Crippen molar-refractivity contribution in [1.29, 1.82) is 0 Å². The van der Waals surface area contributed by atoms with E-state index in [1.807, 2.05) is 23.1 Å². The lowest BCUT2D eigenvalue weighted by atomic mass is 9.73. The number of carbonyl (C=O) groups excluding carboxylic acids is 4. The molecule has 1 saturated heterocycles. The minimum Gasteiger partial charge on any atom is -0.490 e. The summed E-state index contributed by atoms with van der Waals surface area (Å²) in [5, 5.41) is 7.26. The lowest BCUT2D eigenvalue weighted by molar-refractivity contribution is -0.131. The number of nitrogens with zero attached hydrogens (tertiary/aromatic N) is 4. The normalized spacial score (nSPS) is 23.1. The molecule has 3 amide bonds. The third-order valence-electron chi connectivity index (χ3n) is 9.14. The van der Waals surface area contributed by atoms with Crippen LogP contribution in [0.15, 0.2) is 54.9 Å². The fourth-order valence-electron chi connectivity index (χ4n) is 6.94. The molecule has 2 atom stereocenters. The Morgan fingerprint density at radius 3 is 2.79 bits per heavy atom. The maximum absolute atomic E-state index is 13.8.